The van der Waals surface area contributed by atoms with Gasteiger partial charge in [-0.2, -0.15) is 0 Å². The Bertz CT molecular complexity index is 3220. The lowest BCUT2D eigenvalue weighted by Gasteiger charge is -2.13. The molecule has 0 bridgehead atoms. The summed E-state index contributed by atoms with van der Waals surface area (Å²) in [4.78, 5) is 18.4. The van der Waals surface area contributed by atoms with Gasteiger partial charge in [0.2, 0.25) is 0 Å². The maximum Gasteiger partial charge on any atom is 0.261 e. The van der Waals surface area contributed by atoms with Crippen molar-refractivity contribution in [1.29, 1.82) is 0 Å². The standard InChI is InChI=1S/C47H32Cl2N6O3S/c1-25(2)34-21-29-10-4-7-13-32(29)42(44(34)56)54-52-38-18-15-27(23-36(38)48)28-16-19-39(37(49)24-28)53-55-43-33-14-8-5-11-30(33)22-35(45(43)57)46(58)51-47-50-41-31-12-6-3-9-26(31)17-20-40(41)59-47/h3-25,56-57H,1-2H3,(H,50,51,58). The van der Waals surface area contributed by atoms with Crippen LogP contribution in [-0.4, -0.2) is 21.1 Å². The summed E-state index contributed by atoms with van der Waals surface area (Å²) in [5.41, 5.74) is 4.44. The van der Waals surface area contributed by atoms with E-state index >= 15 is 0 Å². The Labute approximate surface area is 352 Å². The second-order valence-corrected chi connectivity index (χ2v) is 16.1. The van der Waals surface area contributed by atoms with Crippen LogP contribution in [0.15, 0.2) is 154 Å². The van der Waals surface area contributed by atoms with E-state index in [1.165, 1.54) is 11.3 Å². The van der Waals surface area contributed by atoms with Gasteiger partial charge in [0.05, 0.1) is 25.8 Å². The number of benzene rings is 8. The molecular weight excluding hydrogens is 800 g/mol. The quantitative estimate of drug-likeness (QED) is 0.132. The number of rotatable bonds is 8. The van der Waals surface area contributed by atoms with E-state index < -0.39 is 5.91 Å². The number of nitrogens with one attached hydrogen (secondary N) is 1. The average molecular weight is 832 g/mol. The maximum absolute atomic E-state index is 13.7. The molecule has 8 aromatic carbocycles. The number of halogens is 2. The summed E-state index contributed by atoms with van der Waals surface area (Å²) < 4.78 is 0.931. The number of nitrogens with zero attached hydrogens (tertiary/aromatic N) is 5. The van der Waals surface area contributed by atoms with Gasteiger partial charge in [-0.1, -0.05) is 139 Å². The summed E-state index contributed by atoms with van der Waals surface area (Å²) in [6, 6.07) is 41.3. The number of thiazole rings is 1. The van der Waals surface area contributed by atoms with Crippen molar-refractivity contribution in [3.63, 3.8) is 0 Å². The van der Waals surface area contributed by atoms with Crippen molar-refractivity contribution in [2.45, 2.75) is 19.8 Å². The third kappa shape index (κ3) is 7.23. The van der Waals surface area contributed by atoms with Crippen molar-refractivity contribution in [2.24, 2.45) is 20.5 Å². The Hall–Kier alpha value is -6.72. The van der Waals surface area contributed by atoms with E-state index in [0.717, 1.165) is 48.5 Å². The number of carbonyl (C=O) groups excluding carboxylic acids is 1. The molecule has 0 aliphatic heterocycles. The monoisotopic (exact) mass is 830 g/mol. The van der Waals surface area contributed by atoms with Crippen LogP contribution in [0.1, 0.15) is 35.7 Å². The molecule has 0 fully saturated rings. The average Bonchev–Trinajstić information content (AvgIpc) is 3.66. The molecule has 0 unspecified atom stereocenters. The van der Waals surface area contributed by atoms with Crippen LogP contribution in [0.3, 0.4) is 0 Å². The van der Waals surface area contributed by atoms with Gasteiger partial charge in [-0.05, 0) is 81.2 Å². The number of phenolic OH excluding ortho intramolecular Hbond substituents is 2. The van der Waals surface area contributed by atoms with Crippen LogP contribution in [0, 0.1) is 0 Å². The molecule has 0 atom stereocenters. The summed E-state index contributed by atoms with van der Waals surface area (Å²) >= 11 is 14.8. The maximum atomic E-state index is 13.7. The van der Waals surface area contributed by atoms with Gasteiger partial charge >= 0.3 is 0 Å². The molecule has 0 saturated carbocycles. The lowest BCUT2D eigenvalue weighted by atomic mass is 9.96. The van der Waals surface area contributed by atoms with E-state index in [0.29, 0.717) is 43.0 Å². The number of aromatic nitrogens is 1. The Balaban J connectivity index is 0.976. The fourth-order valence-electron chi connectivity index (χ4n) is 7.09. The minimum atomic E-state index is -0.534. The number of phenols is 2. The Morgan fingerprint density at radius 1 is 0.627 bits per heavy atom. The molecule has 1 amide bonds. The molecule has 0 saturated heterocycles. The molecule has 12 heteroatoms. The van der Waals surface area contributed by atoms with E-state index in [9.17, 15) is 15.0 Å². The van der Waals surface area contributed by atoms with Crippen LogP contribution < -0.4 is 5.32 Å². The zero-order valence-corrected chi connectivity index (χ0v) is 33.8. The molecule has 9 aromatic rings. The molecular formula is C47H32Cl2N6O3S. The molecule has 0 radical (unpaired) electrons. The van der Waals surface area contributed by atoms with E-state index in [4.69, 9.17) is 28.2 Å². The topological polar surface area (TPSA) is 132 Å². The van der Waals surface area contributed by atoms with Crippen LogP contribution in [0.25, 0.3) is 53.7 Å². The van der Waals surface area contributed by atoms with Crippen LogP contribution in [0.4, 0.5) is 27.9 Å². The predicted molar refractivity (Wildman–Crippen MR) is 241 cm³/mol. The van der Waals surface area contributed by atoms with E-state index in [1.807, 2.05) is 111 Å². The normalized spacial score (nSPS) is 11.9. The lowest BCUT2D eigenvalue weighted by molar-refractivity contribution is 0.102. The highest BCUT2D eigenvalue weighted by Gasteiger charge is 2.21. The molecule has 288 valence electrons. The smallest absolute Gasteiger partial charge is 0.261 e. The Morgan fingerprint density at radius 2 is 1.17 bits per heavy atom. The highest BCUT2D eigenvalue weighted by molar-refractivity contribution is 7.22. The van der Waals surface area contributed by atoms with Gasteiger partial charge in [-0.25, -0.2) is 4.98 Å². The summed E-state index contributed by atoms with van der Waals surface area (Å²) in [5.74, 6) is -0.676. The largest absolute Gasteiger partial charge is 0.505 e. The Morgan fingerprint density at radius 3 is 1.76 bits per heavy atom. The first-order valence-electron chi connectivity index (χ1n) is 18.6. The summed E-state index contributed by atoms with van der Waals surface area (Å²) in [6.07, 6.45) is 0. The number of fused-ring (bicyclic) bond motifs is 5. The number of carbonyl (C=O) groups is 1. The predicted octanol–water partition coefficient (Wildman–Crippen LogP) is 15.3. The van der Waals surface area contributed by atoms with Gasteiger partial charge in [-0.3, -0.25) is 10.1 Å². The fraction of sp³-hybridized carbons (Fsp3) is 0.0638. The first-order chi connectivity index (χ1) is 28.6. The van der Waals surface area contributed by atoms with Crippen LogP contribution in [0.2, 0.25) is 10.0 Å². The second-order valence-electron chi connectivity index (χ2n) is 14.2. The minimum absolute atomic E-state index is 0.0253. The molecule has 3 N–H and O–H groups in total. The molecule has 9 nitrogen and oxygen atoms in total. The van der Waals surface area contributed by atoms with Gasteiger partial charge < -0.3 is 10.2 Å². The van der Waals surface area contributed by atoms with Crippen molar-refractivity contribution in [3.8, 4) is 22.6 Å². The van der Waals surface area contributed by atoms with Gasteiger partial charge in [0.25, 0.3) is 5.91 Å². The molecule has 9 rings (SSSR count). The van der Waals surface area contributed by atoms with Gasteiger partial charge in [0.1, 0.15) is 28.5 Å². The lowest BCUT2D eigenvalue weighted by Crippen LogP contribution is -2.12. The zero-order chi connectivity index (χ0) is 40.8. The second kappa shape index (κ2) is 15.6. The van der Waals surface area contributed by atoms with Crippen molar-refractivity contribution < 1.29 is 15.0 Å². The molecule has 0 spiro atoms. The van der Waals surface area contributed by atoms with Crippen molar-refractivity contribution in [3.05, 3.63) is 155 Å². The summed E-state index contributed by atoms with van der Waals surface area (Å²) in [6.45, 7) is 4.03. The van der Waals surface area contributed by atoms with Gasteiger partial charge in [-0.15, -0.1) is 20.5 Å². The highest BCUT2D eigenvalue weighted by atomic mass is 35.5. The number of aromatic hydroxyl groups is 2. The third-order valence-corrected chi connectivity index (χ3v) is 11.7. The van der Waals surface area contributed by atoms with Crippen molar-refractivity contribution in [1.82, 2.24) is 4.98 Å². The van der Waals surface area contributed by atoms with E-state index in [-0.39, 0.29) is 28.7 Å². The summed E-state index contributed by atoms with van der Waals surface area (Å²) in [5, 5.41) is 49.4. The third-order valence-electron chi connectivity index (χ3n) is 10.1. The van der Waals surface area contributed by atoms with Crippen molar-refractivity contribution in [2.75, 3.05) is 5.32 Å². The van der Waals surface area contributed by atoms with Gasteiger partial charge in [0.15, 0.2) is 10.9 Å². The SMILES string of the molecule is CC(C)c1cc2ccccc2c(N=Nc2ccc(-c3ccc(N=Nc4c(O)c(C(=O)Nc5nc6c(ccc7ccccc76)s5)cc5ccccc45)c(Cl)c3)cc2Cl)c1O. The van der Waals surface area contributed by atoms with Crippen molar-refractivity contribution >= 4 is 111 Å². The van der Waals surface area contributed by atoms with Gasteiger partial charge in [0, 0.05) is 16.2 Å². The molecule has 0 aliphatic rings. The number of azo groups is 2. The van der Waals surface area contributed by atoms with E-state index in [2.05, 4.69) is 25.8 Å². The molecule has 59 heavy (non-hydrogen) atoms. The minimum Gasteiger partial charge on any atom is -0.505 e. The van der Waals surface area contributed by atoms with Crippen LogP contribution in [-0.2, 0) is 0 Å². The number of hydrogen-bond donors (Lipinski definition) is 3. The zero-order valence-electron chi connectivity index (χ0n) is 31.5. The number of hydrogen-bond acceptors (Lipinski definition) is 9. The van der Waals surface area contributed by atoms with Crippen LogP contribution in [0.5, 0.6) is 11.5 Å². The van der Waals surface area contributed by atoms with E-state index in [1.54, 1.807) is 36.4 Å². The highest BCUT2D eigenvalue weighted by Crippen LogP contribution is 2.44. The van der Waals surface area contributed by atoms with Crippen LogP contribution >= 0.6 is 34.5 Å². The first-order valence-corrected chi connectivity index (χ1v) is 20.2. The molecule has 1 heterocycles. The summed E-state index contributed by atoms with van der Waals surface area (Å²) in [7, 11) is 0. The molecule has 1 aromatic heterocycles. The first kappa shape index (κ1) is 37.8. The molecule has 0 aliphatic carbocycles. The fourth-order valence-corrected chi connectivity index (χ4v) is 8.41. The number of anilines is 1. The number of amides is 1. The Kier molecular flexibility index (Phi) is 9.98.